The van der Waals surface area contributed by atoms with Crippen LogP contribution in [0.25, 0.3) is 10.9 Å². The van der Waals surface area contributed by atoms with Crippen LogP contribution in [0.5, 0.6) is 6.01 Å². The minimum atomic E-state index is -2.67. The Morgan fingerprint density at radius 2 is 1.86 bits per heavy atom. The number of benzene rings is 1. The number of carbonyl (C=O) groups excluding carboxylic acids is 1. The van der Waals surface area contributed by atoms with Crippen LogP contribution in [0.2, 0.25) is 0 Å². The molecule has 1 saturated carbocycles. The molecule has 8 nitrogen and oxygen atoms in total. The van der Waals surface area contributed by atoms with E-state index in [1.807, 2.05) is 43.0 Å². The van der Waals surface area contributed by atoms with Crippen molar-refractivity contribution in [1.29, 1.82) is 0 Å². The van der Waals surface area contributed by atoms with Crippen molar-refractivity contribution in [3.63, 3.8) is 0 Å². The summed E-state index contributed by atoms with van der Waals surface area (Å²) < 4.78 is 33.2. The number of piperidine rings is 1. The van der Waals surface area contributed by atoms with Crippen molar-refractivity contribution >= 4 is 22.6 Å². The quantitative estimate of drug-likeness (QED) is 0.435. The fourth-order valence-corrected chi connectivity index (χ4v) is 4.55. The maximum atomic E-state index is 13.9. The lowest BCUT2D eigenvalue weighted by molar-refractivity contribution is -0.0632. The largest absolute Gasteiger partial charge is 0.461 e. The number of halogens is 2. The number of ether oxygens (including phenoxy) is 1. The second-order valence-electron chi connectivity index (χ2n) is 10.1. The number of fused-ring (bicyclic) bond motifs is 1. The Kier molecular flexibility index (Phi) is 7.19. The first-order valence-electron chi connectivity index (χ1n) is 12.8. The second-order valence-corrected chi connectivity index (χ2v) is 10.1. The molecule has 10 heteroatoms. The van der Waals surface area contributed by atoms with Gasteiger partial charge in [0.05, 0.1) is 17.7 Å². The zero-order valence-corrected chi connectivity index (χ0v) is 21.1. The zero-order valence-electron chi connectivity index (χ0n) is 21.1. The van der Waals surface area contributed by atoms with Crippen molar-refractivity contribution in [2.45, 2.75) is 63.6 Å². The van der Waals surface area contributed by atoms with Gasteiger partial charge in [-0.15, -0.1) is 0 Å². The highest BCUT2D eigenvalue weighted by molar-refractivity contribution is 6.06. The summed E-state index contributed by atoms with van der Waals surface area (Å²) in [6.07, 6.45) is 5.07. The van der Waals surface area contributed by atoms with Crippen molar-refractivity contribution in [3.05, 3.63) is 53.9 Å². The highest BCUT2D eigenvalue weighted by Gasteiger charge is 2.37. The van der Waals surface area contributed by atoms with Gasteiger partial charge in [0.1, 0.15) is 5.82 Å². The molecule has 1 aliphatic carbocycles. The molecule has 3 aromatic rings. The molecule has 1 unspecified atom stereocenters. The van der Waals surface area contributed by atoms with E-state index in [0.29, 0.717) is 11.6 Å². The molecule has 3 heterocycles. The SMILES string of the molecule is CC(C)Oc1ncc(C(CNC(=O)c2cccc3nc(NC4CC4)ccc23)N2CCC(F)(F)CC2)cn1. The molecular weight excluding hydrogens is 478 g/mol. The van der Waals surface area contributed by atoms with Gasteiger partial charge in [0.25, 0.3) is 11.8 Å². The molecule has 0 bridgehead atoms. The maximum absolute atomic E-state index is 13.9. The smallest absolute Gasteiger partial charge is 0.316 e. The highest BCUT2D eigenvalue weighted by Crippen LogP contribution is 2.32. The molecule has 5 rings (SSSR count). The molecular formula is C27H32F2N6O2. The summed E-state index contributed by atoms with van der Waals surface area (Å²) in [7, 11) is 0. The van der Waals surface area contributed by atoms with Gasteiger partial charge in [0, 0.05) is 67.4 Å². The topological polar surface area (TPSA) is 92.3 Å². The number of hydrogen-bond acceptors (Lipinski definition) is 7. The van der Waals surface area contributed by atoms with Gasteiger partial charge in [-0.1, -0.05) is 6.07 Å². The summed E-state index contributed by atoms with van der Waals surface area (Å²) in [6, 6.07) is 9.67. The Morgan fingerprint density at radius 1 is 1.14 bits per heavy atom. The Morgan fingerprint density at radius 3 is 2.54 bits per heavy atom. The van der Waals surface area contributed by atoms with Gasteiger partial charge >= 0.3 is 6.01 Å². The van der Waals surface area contributed by atoms with Crippen molar-refractivity contribution < 1.29 is 18.3 Å². The van der Waals surface area contributed by atoms with Gasteiger partial charge < -0.3 is 15.4 Å². The van der Waals surface area contributed by atoms with E-state index in [1.165, 1.54) is 0 Å². The molecule has 1 aromatic carbocycles. The number of pyridine rings is 1. The fraction of sp³-hybridized carbons (Fsp3) is 0.481. The first-order valence-corrected chi connectivity index (χ1v) is 12.8. The number of nitrogens with one attached hydrogen (secondary N) is 2. The second kappa shape index (κ2) is 10.5. The predicted molar refractivity (Wildman–Crippen MR) is 137 cm³/mol. The lowest BCUT2D eigenvalue weighted by Gasteiger charge is -2.37. The van der Waals surface area contributed by atoms with Gasteiger partial charge in [0.15, 0.2) is 0 Å². The minimum absolute atomic E-state index is 0.0685. The average molecular weight is 511 g/mol. The van der Waals surface area contributed by atoms with Crippen LogP contribution in [-0.2, 0) is 0 Å². The van der Waals surface area contributed by atoms with E-state index in [4.69, 9.17) is 4.74 Å². The van der Waals surface area contributed by atoms with Crippen molar-refractivity contribution in [2.24, 2.45) is 0 Å². The van der Waals surface area contributed by atoms with E-state index in [9.17, 15) is 13.6 Å². The fourth-order valence-electron chi connectivity index (χ4n) is 4.55. The first-order chi connectivity index (χ1) is 17.8. The van der Waals surface area contributed by atoms with Gasteiger partial charge in [-0.3, -0.25) is 9.69 Å². The number of aromatic nitrogens is 3. The molecule has 2 aliphatic rings. The van der Waals surface area contributed by atoms with Crippen molar-refractivity contribution in [3.8, 4) is 6.01 Å². The summed E-state index contributed by atoms with van der Waals surface area (Å²) in [5, 5.41) is 7.15. The first kappa shape index (κ1) is 25.3. The van der Waals surface area contributed by atoms with E-state index in [2.05, 4.69) is 25.6 Å². The van der Waals surface area contributed by atoms with Crippen LogP contribution in [0.4, 0.5) is 14.6 Å². The number of rotatable bonds is 9. The van der Waals surface area contributed by atoms with Crippen LogP contribution in [0.3, 0.4) is 0 Å². The molecule has 2 aromatic heterocycles. The normalized spacial score (nSPS) is 18.5. The Hall–Kier alpha value is -3.40. The number of nitrogens with zero attached hydrogens (tertiary/aromatic N) is 4. The lowest BCUT2D eigenvalue weighted by Crippen LogP contribution is -2.45. The highest BCUT2D eigenvalue weighted by atomic mass is 19.3. The van der Waals surface area contributed by atoms with Gasteiger partial charge in [-0.25, -0.2) is 23.7 Å². The van der Waals surface area contributed by atoms with Crippen LogP contribution in [0.15, 0.2) is 42.7 Å². The summed E-state index contributed by atoms with van der Waals surface area (Å²) >= 11 is 0. The molecule has 1 aliphatic heterocycles. The summed E-state index contributed by atoms with van der Waals surface area (Å²) in [5.41, 5.74) is 1.99. The minimum Gasteiger partial charge on any atom is -0.461 e. The number of hydrogen-bond donors (Lipinski definition) is 2. The Balaban J connectivity index is 1.33. The standard InChI is InChI=1S/C27H32F2N6O2/c1-17(2)37-26-31-14-18(15-32-26)23(35-12-10-27(28,29)11-13-35)16-30-25(36)21-4-3-5-22-20(21)8-9-24(34-22)33-19-6-7-19/h3-5,8-9,14-15,17,19,23H,6-7,10-13,16H2,1-2H3,(H,30,36)(H,33,34). The van der Waals surface area contributed by atoms with E-state index in [0.717, 1.165) is 35.1 Å². The summed E-state index contributed by atoms with van der Waals surface area (Å²) in [5.74, 6) is -2.11. The van der Waals surface area contributed by atoms with Crippen LogP contribution in [-0.4, -0.2) is 63.5 Å². The summed E-state index contributed by atoms with van der Waals surface area (Å²) in [4.78, 5) is 28.5. The summed E-state index contributed by atoms with van der Waals surface area (Å²) in [6.45, 7) is 4.43. The van der Waals surface area contributed by atoms with E-state index >= 15 is 0 Å². The molecule has 37 heavy (non-hydrogen) atoms. The lowest BCUT2D eigenvalue weighted by atomic mass is 10.0. The molecule has 2 fully saturated rings. The van der Waals surface area contributed by atoms with Crippen molar-refractivity contribution in [2.75, 3.05) is 25.0 Å². The maximum Gasteiger partial charge on any atom is 0.316 e. The number of alkyl halides is 2. The molecule has 0 spiro atoms. The van der Waals surface area contributed by atoms with Gasteiger partial charge in [0.2, 0.25) is 0 Å². The third-order valence-corrected chi connectivity index (χ3v) is 6.71. The molecule has 0 radical (unpaired) electrons. The van der Waals surface area contributed by atoms with Crippen LogP contribution in [0, 0.1) is 0 Å². The van der Waals surface area contributed by atoms with E-state index in [1.54, 1.807) is 18.5 Å². The van der Waals surface area contributed by atoms with Crippen LogP contribution >= 0.6 is 0 Å². The van der Waals surface area contributed by atoms with Crippen LogP contribution < -0.4 is 15.4 Å². The monoisotopic (exact) mass is 510 g/mol. The van der Waals surface area contributed by atoms with Gasteiger partial charge in [-0.05, 0) is 51.0 Å². The Labute approximate surface area is 214 Å². The van der Waals surface area contributed by atoms with E-state index < -0.39 is 5.92 Å². The molecule has 196 valence electrons. The van der Waals surface area contributed by atoms with E-state index in [-0.39, 0.29) is 56.5 Å². The third-order valence-electron chi connectivity index (χ3n) is 6.71. The average Bonchev–Trinajstić information content (AvgIpc) is 3.69. The number of amides is 1. The molecule has 1 amide bonds. The number of carbonyl (C=O) groups is 1. The zero-order chi connectivity index (χ0) is 26.0. The number of anilines is 1. The van der Waals surface area contributed by atoms with Gasteiger partial charge in [-0.2, -0.15) is 0 Å². The Bertz CT molecular complexity index is 1240. The predicted octanol–water partition coefficient (Wildman–Crippen LogP) is 4.59. The molecule has 1 atom stereocenters. The molecule has 2 N–H and O–H groups in total. The third kappa shape index (κ3) is 6.30. The molecule has 1 saturated heterocycles. The van der Waals surface area contributed by atoms with Crippen LogP contribution in [0.1, 0.15) is 61.5 Å². The van der Waals surface area contributed by atoms with Crippen molar-refractivity contribution in [1.82, 2.24) is 25.2 Å². The number of likely N-dealkylation sites (tertiary alicyclic amines) is 1.